The molecule has 7 nitrogen and oxygen atoms in total. The summed E-state index contributed by atoms with van der Waals surface area (Å²) in [4.78, 5) is 16.3. The number of phenols is 1. The van der Waals surface area contributed by atoms with Crippen LogP contribution in [0.25, 0.3) is 0 Å². The first-order chi connectivity index (χ1) is 11.8. The highest BCUT2D eigenvalue weighted by Crippen LogP contribution is 2.27. The number of alkyl halides is 1. The third kappa shape index (κ3) is 4.56. The van der Waals surface area contributed by atoms with Gasteiger partial charge in [0.25, 0.3) is 0 Å². The molecule has 1 aromatic rings. The SMILES string of the molecule is O=C(CN1CCN(c2ccccc2O)CC1)N[C@@H]1CS(=O)(=O)C[C@@H]1Cl. The summed E-state index contributed by atoms with van der Waals surface area (Å²) in [6.45, 7) is 3.01. The molecule has 9 heteroatoms. The Bertz CT molecular complexity index is 735. The summed E-state index contributed by atoms with van der Waals surface area (Å²) in [5, 5.41) is 12.1. The van der Waals surface area contributed by atoms with Crippen molar-refractivity contribution in [1.29, 1.82) is 0 Å². The Morgan fingerprint density at radius 3 is 2.48 bits per heavy atom. The number of nitrogens with zero attached hydrogens (tertiary/aromatic N) is 2. The first kappa shape index (κ1) is 18.3. The van der Waals surface area contributed by atoms with Crippen molar-refractivity contribution in [3.05, 3.63) is 24.3 Å². The molecule has 138 valence electrons. The molecule has 0 saturated carbocycles. The summed E-state index contributed by atoms with van der Waals surface area (Å²) < 4.78 is 23.1. The second kappa shape index (κ2) is 7.39. The Morgan fingerprint density at radius 2 is 1.88 bits per heavy atom. The maximum absolute atomic E-state index is 12.2. The highest BCUT2D eigenvalue weighted by atomic mass is 35.5. The van der Waals surface area contributed by atoms with E-state index in [9.17, 15) is 18.3 Å². The van der Waals surface area contributed by atoms with E-state index < -0.39 is 21.3 Å². The molecule has 0 aliphatic carbocycles. The van der Waals surface area contributed by atoms with Crippen LogP contribution < -0.4 is 10.2 Å². The lowest BCUT2D eigenvalue weighted by molar-refractivity contribution is -0.122. The van der Waals surface area contributed by atoms with E-state index in [1.54, 1.807) is 12.1 Å². The summed E-state index contributed by atoms with van der Waals surface area (Å²) in [5.74, 6) is -0.125. The van der Waals surface area contributed by atoms with Gasteiger partial charge >= 0.3 is 0 Å². The third-order valence-corrected chi connectivity index (χ3v) is 6.97. The minimum absolute atomic E-state index is 0.0846. The van der Waals surface area contributed by atoms with Crippen molar-refractivity contribution >= 4 is 33.0 Å². The van der Waals surface area contributed by atoms with Crippen LogP contribution in [0.4, 0.5) is 5.69 Å². The van der Waals surface area contributed by atoms with Crippen LogP contribution in [-0.2, 0) is 14.6 Å². The number of benzene rings is 1. The van der Waals surface area contributed by atoms with Crippen molar-refractivity contribution in [2.24, 2.45) is 0 Å². The number of halogens is 1. The minimum Gasteiger partial charge on any atom is -0.506 e. The second-order valence-corrected chi connectivity index (χ2v) is 9.23. The lowest BCUT2D eigenvalue weighted by atomic mass is 10.2. The number of carbonyl (C=O) groups excluding carboxylic acids is 1. The van der Waals surface area contributed by atoms with E-state index in [2.05, 4.69) is 10.2 Å². The molecule has 2 aliphatic heterocycles. The molecule has 0 radical (unpaired) electrons. The molecule has 2 N–H and O–H groups in total. The molecule has 0 bridgehead atoms. The predicted octanol–water partition coefficient (Wildman–Crippen LogP) is 0.0348. The zero-order valence-electron chi connectivity index (χ0n) is 13.8. The number of sulfone groups is 1. The van der Waals surface area contributed by atoms with Crippen LogP contribution in [0.2, 0.25) is 0 Å². The highest BCUT2D eigenvalue weighted by Gasteiger charge is 2.37. The third-order valence-electron chi connectivity index (χ3n) is 4.59. The minimum atomic E-state index is -3.16. The Morgan fingerprint density at radius 1 is 1.20 bits per heavy atom. The number of carbonyl (C=O) groups is 1. The fourth-order valence-electron chi connectivity index (χ4n) is 3.27. The molecular weight excluding hydrogens is 366 g/mol. The van der Waals surface area contributed by atoms with Gasteiger partial charge in [-0.2, -0.15) is 0 Å². The van der Waals surface area contributed by atoms with E-state index in [1.807, 2.05) is 17.0 Å². The van der Waals surface area contributed by atoms with E-state index >= 15 is 0 Å². The average molecular weight is 388 g/mol. The molecule has 2 saturated heterocycles. The van der Waals surface area contributed by atoms with Crippen LogP contribution in [0, 0.1) is 0 Å². The van der Waals surface area contributed by atoms with Gasteiger partial charge in [0.15, 0.2) is 9.84 Å². The molecule has 3 rings (SSSR count). The summed E-state index contributed by atoms with van der Waals surface area (Å²) >= 11 is 6.01. The van der Waals surface area contributed by atoms with E-state index in [1.165, 1.54) is 0 Å². The number of phenolic OH excluding ortho intramolecular Hbond substituents is 1. The van der Waals surface area contributed by atoms with Crippen LogP contribution in [0.1, 0.15) is 0 Å². The summed E-state index contributed by atoms with van der Waals surface area (Å²) in [5.41, 5.74) is 0.799. The molecule has 0 unspecified atom stereocenters. The Balaban J connectivity index is 1.48. The van der Waals surface area contributed by atoms with Crippen molar-refractivity contribution < 1.29 is 18.3 Å². The Hall–Kier alpha value is -1.51. The van der Waals surface area contributed by atoms with Gasteiger partial charge in [0, 0.05) is 26.2 Å². The van der Waals surface area contributed by atoms with E-state index in [0.29, 0.717) is 26.2 Å². The summed E-state index contributed by atoms with van der Waals surface area (Å²) in [7, 11) is -3.16. The number of anilines is 1. The van der Waals surface area contributed by atoms with Crippen molar-refractivity contribution in [3.8, 4) is 5.75 Å². The van der Waals surface area contributed by atoms with Gasteiger partial charge in [0.05, 0.1) is 35.2 Å². The van der Waals surface area contributed by atoms with Gasteiger partial charge in [0.1, 0.15) is 5.75 Å². The van der Waals surface area contributed by atoms with Crippen LogP contribution in [0.3, 0.4) is 0 Å². The molecule has 1 aromatic carbocycles. The molecule has 2 heterocycles. The fourth-order valence-corrected chi connectivity index (χ4v) is 5.82. The molecule has 0 spiro atoms. The highest BCUT2D eigenvalue weighted by molar-refractivity contribution is 7.91. The summed E-state index contributed by atoms with van der Waals surface area (Å²) in [6, 6.07) is 6.69. The normalized spacial score (nSPS) is 26.5. The van der Waals surface area contributed by atoms with Gasteiger partial charge in [-0.3, -0.25) is 9.69 Å². The van der Waals surface area contributed by atoms with Gasteiger partial charge in [-0.15, -0.1) is 11.6 Å². The van der Waals surface area contributed by atoms with Gasteiger partial charge in [-0.1, -0.05) is 12.1 Å². The number of piperazine rings is 1. The number of para-hydroxylation sites is 2. The topological polar surface area (TPSA) is 89.9 Å². The van der Waals surface area contributed by atoms with Gasteiger partial charge in [-0.05, 0) is 12.1 Å². The average Bonchev–Trinajstić information content (AvgIpc) is 2.80. The maximum Gasteiger partial charge on any atom is 0.234 e. The monoisotopic (exact) mass is 387 g/mol. The maximum atomic E-state index is 12.2. The number of hydrogen-bond donors (Lipinski definition) is 2. The number of amides is 1. The van der Waals surface area contributed by atoms with Crippen LogP contribution in [0.5, 0.6) is 5.75 Å². The smallest absolute Gasteiger partial charge is 0.234 e. The van der Waals surface area contributed by atoms with Gasteiger partial charge < -0.3 is 15.3 Å². The zero-order valence-corrected chi connectivity index (χ0v) is 15.3. The van der Waals surface area contributed by atoms with E-state index in [0.717, 1.165) is 5.69 Å². The molecule has 25 heavy (non-hydrogen) atoms. The largest absolute Gasteiger partial charge is 0.506 e. The zero-order chi connectivity index (χ0) is 18.0. The summed E-state index contributed by atoms with van der Waals surface area (Å²) in [6.07, 6.45) is 0. The number of nitrogens with one attached hydrogen (secondary N) is 1. The molecule has 1 amide bonds. The number of aromatic hydroxyl groups is 1. The van der Waals surface area contributed by atoms with Crippen molar-refractivity contribution in [1.82, 2.24) is 10.2 Å². The van der Waals surface area contributed by atoms with E-state index in [-0.39, 0.29) is 29.7 Å². The van der Waals surface area contributed by atoms with Crippen LogP contribution in [-0.4, -0.2) is 80.0 Å². The number of rotatable bonds is 4. The van der Waals surface area contributed by atoms with Gasteiger partial charge in [-0.25, -0.2) is 8.42 Å². The van der Waals surface area contributed by atoms with Crippen LogP contribution in [0.15, 0.2) is 24.3 Å². The molecule has 0 aromatic heterocycles. The molecule has 2 atom stereocenters. The Labute approximate surface area is 152 Å². The van der Waals surface area contributed by atoms with Crippen molar-refractivity contribution in [2.45, 2.75) is 11.4 Å². The van der Waals surface area contributed by atoms with Crippen molar-refractivity contribution in [2.75, 3.05) is 49.1 Å². The molecular formula is C16H22ClN3O4S. The first-order valence-electron chi connectivity index (χ1n) is 8.23. The van der Waals surface area contributed by atoms with E-state index in [4.69, 9.17) is 11.6 Å². The molecule has 2 aliphatic rings. The van der Waals surface area contributed by atoms with Gasteiger partial charge in [0.2, 0.25) is 5.91 Å². The fraction of sp³-hybridized carbons (Fsp3) is 0.562. The van der Waals surface area contributed by atoms with Crippen LogP contribution >= 0.6 is 11.6 Å². The lowest BCUT2D eigenvalue weighted by Gasteiger charge is -2.36. The van der Waals surface area contributed by atoms with Crippen molar-refractivity contribution in [3.63, 3.8) is 0 Å². The standard InChI is InChI=1S/C16H22ClN3O4S/c17-12-10-25(23,24)11-13(12)18-16(22)9-19-5-7-20(8-6-19)14-3-1-2-4-15(14)21/h1-4,12-13,21H,5-11H2,(H,18,22)/t12-,13+/m0/s1. The Kier molecular flexibility index (Phi) is 5.41. The first-order valence-corrected chi connectivity index (χ1v) is 10.5. The molecule has 2 fully saturated rings. The lowest BCUT2D eigenvalue weighted by Crippen LogP contribution is -2.51. The quantitative estimate of drug-likeness (QED) is 0.709. The second-order valence-electron chi connectivity index (χ2n) is 6.52. The number of hydrogen-bond acceptors (Lipinski definition) is 6. The predicted molar refractivity (Wildman–Crippen MR) is 97.0 cm³/mol.